The number of sulfone groups is 1. The van der Waals surface area contributed by atoms with Crippen molar-refractivity contribution in [2.45, 2.75) is 12.3 Å². The van der Waals surface area contributed by atoms with Crippen LogP contribution in [-0.2, 0) is 29.0 Å². The maximum Gasteiger partial charge on any atom is 0.352 e. The first-order valence-corrected chi connectivity index (χ1v) is 7.21. The molecule has 0 spiro atoms. The Morgan fingerprint density at radius 1 is 1.50 bits per heavy atom. The van der Waals surface area contributed by atoms with Gasteiger partial charge in [-0.2, -0.15) is 0 Å². The molecule has 0 unspecified atom stereocenters. The molecule has 108 valence electrons. The van der Waals surface area contributed by atoms with Crippen LogP contribution >= 0.6 is 0 Å². The SMILES string of the molecule is C=C1C(=O)N2C(C(=O)O)=C(COC(C)=O)CS(=O)(=O)[C@H]12. The fraction of sp³-hybridized carbons (Fsp3) is 0.364. The van der Waals surface area contributed by atoms with Gasteiger partial charge in [-0.1, -0.05) is 6.58 Å². The smallest absolute Gasteiger partial charge is 0.352 e. The van der Waals surface area contributed by atoms with Crippen molar-refractivity contribution in [3.05, 3.63) is 23.4 Å². The fourth-order valence-corrected chi connectivity index (χ4v) is 4.09. The number of rotatable bonds is 3. The standard InChI is InChI=1S/C11H11NO7S/c1-5-9(14)12-8(11(15)16)7(3-19-6(2)13)4-20(17,18)10(5)12/h10H,1,3-4H2,2H3,(H,15,16)/t10-/m1/s1. The molecule has 2 aliphatic heterocycles. The van der Waals surface area contributed by atoms with Gasteiger partial charge < -0.3 is 9.84 Å². The molecule has 0 aliphatic carbocycles. The topological polar surface area (TPSA) is 118 Å². The van der Waals surface area contributed by atoms with Crippen LogP contribution in [0.3, 0.4) is 0 Å². The van der Waals surface area contributed by atoms with Gasteiger partial charge in [0.25, 0.3) is 5.91 Å². The Labute approximate surface area is 114 Å². The number of fused-ring (bicyclic) bond motifs is 1. The van der Waals surface area contributed by atoms with E-state index in [-0.39, 0.29) is 11.1 Å². The lowest BCUT2D eigenvalue weighted by Gasteiger charge is -2.44. The number of hydrogen-bond acceptors (Lipinski definition) is 6. The van der Waals surface area contributed by atoms with Crippen molar-refractivity contribution < 1.29 is 32.6 Å². The predicted molar refractivity (Wildman–Crippen MR) is 64.9 cm³/mol. The molecule has 2 rings (SSSR count). The Hall–Kier alpha value is -2.16. The molecule has 1 atom stereocenters. The average molecular weight is 301 g/mol. The number of β-lactam (4-membered cyclic amide) rings is 1. The Kier molecular flexibility index (Phi) is 3.17. The zero-order valence-corrected chi connectivity index (χ0v) is 11.3. The summed E-state index contributed by atoms with van der Waals surface area (Å²) >= 11 is 0. The summed E-state index contributed by atoms with van der Waals surface area (Å²) in [6.07, 6.45) is 0. The number of carbonyl (C=O) groups excluding carboxylic acids is 2. The molecule has 20 heavy (non-hydrogen) atoms. The maximum absolute atomic E-state index is 12.0. The van der Waals surface area contributed by atoms with Crippen molar-refractivity contribution in [1.82, 2.24) is 4.90 Å². The maximum atomic E-state index is 12.0. The molecule has 0 bridgehead atoms. The summed E-state index contributed by atoms with van der Waals surface area (Å²) in [6.45, 7) is 3.97. The van der Waals surface area contributed by atoms with Gasteiger partial charge in [-0.05, 0) is 0 Å². The van der Waals surface area contributed by atoms with E-state index in [1.54, 1.807) is 0 Å². The Morgan fingerprint density at radius 2 is 2.10 bits per heavy atom. The molecular weight excluding hydrogens is 290 g/mol. The van der Waals surface area contributed by atoms with Gasteiger partial charge in [0.05, 0.1) is 5.75 Å². The lowest BCUT2D eigenvalue weighted by Crippen LogP contribution is -2.62. The summed E-state index contributed by atoms with van der Waals surface area (Å²) < 4.78 is 28.6. The molecule has 0 radical (unpaired) electrons. The Balaban J connectivity index is 2.49. The summed E-state index contributed by atoms with van der Waals surface area (Å²) in [5.74, 6) is -3.47. The molecule has 1 N–H and O–H groups in total. The van der Waals surface area contributed by atoms with E-state index >= 15 is 0 Å². The first-order valence-electron chi connectivity index (χ1n) is 5.49. The number of aliphatic carboxylic acids is 1. The molecule has 2 heterocycles. The van der Waals surface area contributed by atoms with Crippen LogP contribution in [0, 0.1) is 0 Å². The number of carbonyl (C=O) groups is 3. The van der Waals surface area contributed by atoms with Crippen molar-refractivity contribution in [2.24, 2.45) is 0 Å². The zero-order chi connectivity index (χ0) is 15.2. The minimum Gasteiger partial charge on any atom is -0.477 e. The molecule has 1 saturated heterocycles. The van der Waals surface area contributed by atoms with E-state index < -0.39 is 51.1 Å². The second-order valence-electron chi connectivity index (χ2n) is 4.40. The van der Waals surface area contributed by atoms with Gasteiger partial charge in [0.15, 0.2) is 15.2 Å². The molecule has 8 nitrogen and oxygen atoms in total. The largest absolute Gasteiger partial charge is 0.477 e. The number of amides is 1. The minimum atomic E-state index is -3.78. The van der Waals surface area contributed by atoms with Crippen LogP contribution in [0.25, 0.3) is 0 Å². The quantitative estimate of drug-likeness (QED) is 0.405. The Bertz CT molecular complexity index is 673. The third-order valence-corrected chi connectivity index (χ3v) is 4.90. The predicted octanol–water partition coefficient (Wildman–Crippen LogP) is -0.959. The van der Waals surface area contributed by atoms with E-state index in [4.69, 9.17) is 5.11 Å². The van der Waals surface area contributed by atoms with Gasteiger partial charge >= 0.3 is 11.9 Å². The lowest BCUT2D eigenvalue weighted by molar-refractivity contribution is -0.143. The first kappa shape index (κ1) is 14.3. The molecular formula is C11H11NO7S. The molecule has 0 aromatic heterocycles. The van der Waals surface area contributed by atoms with E-state index in [1.165, 1.54) is 0 Å². The highest BCUT2D eigenvalue weighted by Crippen LogP contribution is 2.39. The van der Waals surface area contributed by atoms with Gasteiger partial charge in [-0.15, -0.1) is 0 Å². The molecule has 0 saturated carbocycles. The van der Waals surface area contributed by atoms with E-state index in [0.29, 0.717) is 4.90 Å². The molecule has 9 heteroatoms. The third kappa shape index (κ3) is 1.99. The van der Waals surface area contributed by atoms with Gasteiger partial charge in [0, 0.05) is 18.1 Å². The van der Waals surface area contributed by atoms with Crippen LogP contribution in [0.4, 0.5) is 0 Å². The van der Waals surface area contributed by atoms with Crippen molar-refractivity contribution in [3.8, 4) is 0 Å². The van der Waals surface area contributed by atoms with Gasteiger partial charge in [-0.25, -0.2) is 13.2 Å². The van der Waals surface area contributed by atoms with E-state index in [1.807, 2.05) is 0 Å². The highest BCUT2D eigenvalue weighted by atomic mass is 32.2. The van der Waals surface area contributed by atoms with Crippen LogP contribution in [0.15, 0.2) is 23.4 Å². The molecule has 2 aliphatic rings. The van der Waals surface area contributed by atoms with Gasteiger partial charge in [-0.3, -0.25) is 14.5 Å². The zero-order valence-electron chi connectivity index (χ0n) is 10.5. The van der Waals surface area contributed by atoms with Crippen LogP contribution < -0.4 is 0 Å². The molecule has 0 aromatic rings. The summed E-state index contributed by atoms with van der Waals surface area (Å²) in [5, 5.41) is 7.82. The van der Waals surface area contributed by atoms with E-state index in [2.05, 4.69) is 11.3 Å². The van der Waals surface area contributed by atoms with Crippen LogP contribution in [-0.4, -0.2) is 54.0 Å². The van der Waals surface area contributed by atoms with Gasteiger partial charge in [0.2, 0.25) is 0 Å². The number of nitrogens with zero attached hydrogens (tertiary/aromatic N) is 1. The summed E-state index contributed by atoms with van der Waals surface area (Å²) in [5.41, 5.74) is -0.747. The molecule has 0 aromatic carbocycles. The highest BCUT2D eigenvalue weighted by Gasteiger charge is 2.55. The van der Waals surface area contributed by atoms with Crippen LogP contribution in [0.2, 0.25) is 0 Å². The fourth-order valence-electron chi connectivity index (χ4n) is 2.17. The van der Waals surface area contributed by atoms with Crippen molar-refractivity contribution >= 4 is 27.7 Å². The molecule has 1 amide bonds. The summed E-state index contributed by atoms with van der Waals surface area (Å²) in [6, 6.07) is 0. The molecule has 1 fully saturated rings. The van der Waals surface area contributed by atoms with Crippen molar-refractivity contribution in [3.63, 3.8) is 0 Å². The minimum absolute atomic E-state index is 0.134. The summed E-state index contributed by atoms with van der Waals surface area (Å²) in [4.78, 5) is 34.3. The van der Waals surface area contributed by atoms with E-state index in [0.717, 1.165) is 6.92 Å². The second kappa shape index (κ2) is 4.44. The van der Waals surface area contributed by atoms with Crippen molar-refractivity contribution in [2.75, 3.05) is 12.4 Å². The average Bonchev–Trinajstić information content (AvgIpc) is 2.32. The van der Waals surface area contributed by atoms with Crippen molar-refractivity contribution in [1.29, 1.82) is 0 Å². The number of ether oxygens (including phenoxy) is 1. The number of hydrogen-bond donors (Lipinski definition) is 1. The summed E-state index contributed by atoms with van der Waals surface area (Å²) in [7, 11) is -3.78. The Morgan fingerprint density at radius 3 is 2.60 bits per heavy atom. The normalized spacial score (nSPS) is 24.1. The van der Waals surface area contributed by atoms with Crippen LogP contribution in [0.5, 0.6) is 0 Å². The number of esters is 1. The number of carboxylic acid groups (broad SMARTS) is 1. The monoisotopic (exact) mass is 301 g/mol. The lowest BCUT2D eigenvalue weighted by atomic mass is 10.0. The first-order chi connectivity index (χ1) is 9.16. The highest BCUT2D eigenvalue weighted by molar-refractivity contribution is 7.92. The van der Waals surface area contributed by atoms with Gasteiger partial charge in [0.1, 0.15) is 12.3 Å². The number of carboxylic acids is 1. The second-order valence-corrected chi connectivity index (χ2v) is 6.46. The van der Waals surface area contributed by atoms with Crippen LogP contribution in [0.1, 0.15) is 6.92 Å². The van der Waals surface area contributed by atoms with E-state index in [9.17, 15) is 22.8 Å². The third-order valence-electron chi connectivity index (χ3n) is 2.97.